The number of nitrogens with two attached hydrogens (primary N) is 1. The maximum absolute atomic E-state index is 13.9. The van der Waals surface area contributed by atoms with Gasteiger partial charge in [-0.3, -0.25) is 9.59 Å². The number of hydrogen-bond donors (Lipinski definition) is 2. The van der Waals surface area contributed by atoms with E-state index in [-0.39, 0.29) is 36.1 Å². The van der Waals surface area contributed by atoms with Crippen molar-refractivity contribution in [1.29, 1.82) is 0 Å². The number of halogens is 1. The molecule has 1 aliphatic carbocycles. The zero-order valence-corrected chi connectivity index (χ0v) is 17.0. The van der Waals surface area contributed by atoms with Crippen LogP contribution in [0.25, 0.3) is 0 Å². The van der Waals surface area contributed by atoms with Crippen molar-refractivity contribution in [3.8, 4) is 0 Å². The van der Waals surface area contributed by atoms with Gasteiger partial charge in [0.1, 0.15) is 11.9 Å². The lowest BCUT2D eigenvalue weighted by atomic mass is 9.92. The van der Waals surface area contributed by atoms with Crippen molar-refractivity contribution in [3.05, 3.63) is 71.0 Å². The van der Waals surface area contributed by atoms with Crippen LogP contribution in [0.4, 0.5) is 4.39 Å². The Kier molecular flexibility index (Phi) is 6.13. The highest BCUT2D eigenvalue weighted by atomic mass is 19.1. The molecule has 5 nitrogen and oxygen atoms in total. The fourth-order valence-corrected chi connectivity index (χ4v) is 4.05. The quantitative estimate of drug-likeness (QED) is 0.738. The number of carbonyl (C=O) groups excluding carboxylic acids is 2. The topological polar surface area (TPSA) is 75.4 Å². The minimum absolute atomic E-state index is 0.0731. The second-order valence-electron chi connectivity index (χ2n) is 8.39. The Morgan fingerprint density at radius 1 is 1.10 bits per heavy atom. The summed E-state index contributed by atoms with van der Waals surface area (Å²) in [6.45, 7) is 0.431. The summed E-state index contributed by atoms with van der Waals surface area (Å²) in [7, 11) is 0. The van der Waals surface area contributed by atoms with Gasteiger partial charge in [-0.15, -0.1) is 0 Å². The van der Waals surface area contributed by atoms with E-state index in [1.807, 2.05) is 24.3 Å². The van der Waals surface area contributed by atoms with Crippen LogP contribution in [-0.4, -0.2) is 34.8 Å². The van der Waals surface area contributed by atoms with Crippen molar-refractivity contribution in [1.82, 2.24) is 10.2 Å². The molecule has 0 bridgehead atoms. The van der Waals surface area contributed by atoms with Gasteiger partial charge in [-0.2, -0.15) is 0 Å². The Balaban J connectivity index is 1.41. The van der Waals surface area contributed by atoms with Crippen LogP contribution >= 0.6 is 0 Å². The fourth-order valence-electron chi connectivity index (χ4n) is 4.05. The second kappa shape index (κ2) is 8.96. The Labute approximate surface area is 176 Å². The number of carbonyl (C=O) groups is 2. The SMILES string of the molecule is NC(CCC(=O)N1Cc2ccccc2C[C@H]1C(=O)NC1CC1)Cc1ccccc1F. The van der Waals surface area contributed by atoms with Crippen molar-refractivity contribution >= 4 is 11.8 Å². The largest absolute Gasteiger partial charge is 0.352 e. The molecule has 3 N–H and O–H groups in total. The molecule has 0 aromatic heterocycles. The zero-order chi connectivity index (χ0) is 21.1. The van der Waals surface area contributed by atoms with Gasteiger partial charge in [0.25, 0.3) is 0 Å². The molecule has 1 fully saturated rings. The molecule has 1 aliphatic heterocycles. The van der Waals surface area contributed by atoms with E-state index < -0.39 is 6.04 Å². The van der Waals surface area contributed by atoms with Gasteiger partial charge in [-0.05, 0) is 48.4 Å². The molecule has 1 saturated carbocycles. The van der Waals surface area contributed by atoms with Gasteiger partial charge in [0, 0.05) is 31.5 Å². The first-order valence-corrected chi connectivity index (χ1v) is 10.7. The summed E-state index contributed by atoms with van der Waals surface area (Å²) in [6.07, 6.45) is 3.62. The number of fused-ring (bicyclic) bond motifs is 1. The summed E-state index contributed by atoms with van der Waals surface area (Å²) in [4.78, 5) is 27.6. The molecular weight excluding hydrogens is 381 g/mol. The van der Waals surface area contributed by atoms with Crippen LogP contribution in [-0.2, 0) is 29.0 Å². The first-order chi connectivity index (χ1) is 14.5. The molecular formula is C24H28FN3O2. The van der Waals surface area contributed by atoms with E-state index in [0.29, 0.717) is 31.4 Å². The van der Waals surface area contributed by atoms with Gasteiger partial charge in [0.05, 0.1) is 0 Å². The van der Waals surface area contributed by atoms with Gasteiger partial charge in [-0.1, -0.05) is 42.5 Å². The lowest BCUT2D eigenvalue weighted by Crippen LogP contribution is -2.53. The van der Waals surface area contributed by atoms with Crippen molar-refractivity contribution in [2.24, 2.45) is 5.73 Å². The molecule has 6 heteroatoms. The number of nitrogens with zero attached hydrogens (tertiary/aromatic N) is 1. The Morgan fingerprint density at radius 2 is 1.80 bits per heavy atom. The zero-order valence-electron chi connectivity index (χ0n) is 17.0. The molecule has 30 heavy (non-hydrogen) atoms. The van der Waals surface area contributed by atoms with E-state index >= 15 is 0 Å². The lowest BCUT2D eigenvalue weighted by molar-refractivity contribution is -0.142. The van der Waals surface area contributed by atoms with Crippen LogP contribution in [0.3, 0.4) is 0 Å². The summed E-state index contributed by atoms with van der Waals surface area (Å²) in [5.41, 5.74) is 8.94. The predicted molar refractivity (Wildman–Crippen MR) is 113 cm³/mol. The number of rotatable bonds is 7. The fraction of sp³-hybridized carbons (Fsp3) is 0.417. The predicted octanol–water partition coefficient (Wildman–Crippen LogP) is 2.71. The number of hydrogen-bond acceptors (Lipinski definition) is 3. The van der Waals surface area contributed by atoms with Crippen LogP contribution in [0.5, 0.6) is 0 Å². The van der Waals surface area contributed by atoms with Crippen molar-refractivity contribution in [2.45, 2.75) is 63.2 Å². The van der Waals surface area contributed by atoms with Gasteiger partial charge >= 0.3 is 0 Å². The van der Waals surface area contributed by atoms with E-state index in [2.05, 4.69) is 5.32 Å². The first-order valence-electron chi connectivity index (χ1n) is 10.7. The van der Waals surface area contributed by atoms with E-state index in [9.17, 15) is 14.0 Å². The van der Waals surface area contributed by atoms with Crippen molar-refractivity contribution in [3.63, 3.8) is 0 Å². The monoisotopic (exact) mass is 409 g/mol. The molecule has 0 radical (unpaired) electrons. The average Bonchev–Trinajstić information content (AvgIpc) is 3.56. The smallest absolute Gasteiger partial charge is 0.243 e. The minimum atomic E-state index is -0.490. The molecule has 2 aliphatic rings. The average molecular weight is 410 g/mol. The van der Waals surface area contributed by atoms with Gasteiger partial charge in [0.15, 0.2) is 0 Å². The van der Waals surface area contributed by atoms with Crippen molar-refractivity contribution < 1.29 is 14.0 Å². The molecule has 4 rings (SSSR count). The standard InChI is InChI=1S/C24H28FN3O2/c25-21-8-4-3-6-17(21)13-19(26)9-12-23(29)28-15-18-7-2-1-5-16(18)14-22(28)24(30)27-20-10-11-20/h1-8,19-20,22H,9-15,26H2,(H,27,30)/t19?,22-/m0/s1. The summed E-state index contributed by atoms with van der Waals surface area (Å²) in [6, 6.07) is 14.0. The highest BCUT2D eigenvalue weighted by Crippen LogP contribution is 2.26. The first kappa shape index (κ1) is 20.5. The summed E-state index contributed by atoms with van der Waals surface area (Å²) < 4.78 is 13.9. The Hall–Kier alpha value is -2.73. The third-order valence-corrected chi connectivity index (χ3v) is 5.96. The van der Waals surface area contributed by atoms with E-state index in [1.165, 1.54) is 6.07 Å². The highest BCUT2D eigenvalue weighted by Gasteiger charge is 2.36. The maximum atomic E-state index is 13.9. The molecule has 1 heterocycles. The third kappa shape index (κ3) is 4.87. The molecule has 158 valence electrons. The molecule has 0 saturated heterocycles. The third-order valence-electron chi connectivity index (χ3n) is 5.96. The van der Waals surface area contributed by atoms with Crippen LogP contribution < -0.4 is 11.1 Å². The minimum Gasteiger partial charge on any atom is -0.352 e. The molecule has 2 atom stereocenters. The summed E-state index contributed by atoms with van der Waals surface area (Å²) in [5, 5.41) is 3.04. The summed E-state index contributed by atoms with van der Waals surface area (Å²) in [5.74, 6) is -0.427. The van der Waals surface area contributed by atoms with Crippen LogP contribution in [0.15, 0.2) is 48.5 Å². The van der Waals surface area contributed by atoms with Gasteiger partial charge in [0.2, 0.25) is 11.8 Å². The molecule has 2 amide bonds. The molecule has 2 aromatic carbocycles. The van der Waals surface area contributed by atoms with Crippen molar-refractivity contribution in [2.75, 3.05) is 0 Å². The number of amides is 2. The highest BCUT2D eigenvalue weighted by molar-refractivity contribution is 5.88. The maximum Gasteiger partial charge on any atom is 0.243 e. The number of benzene rings is 2. The van der Waals surface area contributed by atoms with Gasteiger partial charge < -0.3 is 16.0 Å². The second-order valence-corrected chi connectivity index (χ2v) is 8.39. The summed E-state index contributed by atoms with van der Waals surface area (Å²) >= 11 is 0. The Morgan fingerprint density at radius 3 is 2.53 bits per heavy atom. The van der Waals surface area contributed by atoms with Crippen LogP contribution in [0.1, 0.15) is 42.4 Å². The van der Waals surface area contributed by atoms with Gasteiger partial charge in [-0.25, -0.2) is 4.39 Å². The number of nitrogens with one attached hydrogen (secondary N) is 1. The molecule has 1 unspecified atom stereocenters. The Bertz CT molecular complexity index is 928. The van der Waals surface area contributed by atoms with E-state index in [1.54, 1.807) is 23.1 Å². The van der Waals surface area contributed by atoms with Crippen LogP contribution in [0.2, 0.25) is 0 Å². The van der Waals surface area contributed by atoms with Crippen LogP contribution in [0, 0.1) is 5.82 Å². The lowest BCUT2D eigenvalue weighted by Gasteiger charge is -2.36. The molecule has 0 spiro atoms. The van der Waals surface area contributed by atoms with E-state index in [4.69, 9.17) is 5.73 Å². The van der Waals surface area contributed by atoms with E-state index in [0.717, 1.165) is 24.0 Å². The normalized spacial score (nSPS) is 19.1. The molecule has 2 aromatic rings.